The van der Waals surface area contributed by atoms with Gasteiger partial charge in [-0.3, -0.25) is 14.5 Å². The largest absolute Gasteiger partial charge is 0.355 e. The Morgan fingerprint density at radius 1 is 0.852 bits per heavy atom. The van der Waals surface area contributed by atoms with Crippen LogP contribution in [0.2, 0.25) is 0 Å². The summed E-state index contributed by atoms with van der Waals surface area (Å²) in [5, 5.41) is 13.9. The van der Waals surface area contributed by atoms with E-state index in [9.17, 15) is 9.59 Å². The van der Waals surface area contributed by atoms with E-state index >= 15 is 0 Å². The Kier molecular flexibility index (Phi) is 8.12. The molecule has 7 heteroatoms. The summed E-state index contributed by atoms with van der Waals surface area (Å²) in [5.41, 5.74) is 2.15. The van der Waals surface area contributed by atoms with Crippen LogP contribution in [0.3, 0.4) is 0 Å². The van der Waals surface area contributed by atoms with Gasteiger partial charge in [-0.25, -0.2) is 0 Å². The predicted octanol–water partition coefficient (Wildman–Crippen LogP) is 3.50. The first-order valence-electron chi connectivity index (χ1n) is 8.96. The zero-order valence-corrected chi connectivity index (χ0v) is 15.7. The van der Waals surface area contributed by atoms with Gasteiger partial charge in [-0.2, -0.15) is 10.2 Å². The van der Waals surface area contributed by atoms with Crippen molar-refractivity contribution in [3.05, 3.63) is 54.6 Å². The van der Waals surface area contributed by atoms with E-state index in [0.717, 1.165) is 5.69 Å². The van der Waals surface area contributed by atoms with Crippen LogP contribution in [0, 0.1) is 0 Å². The van der Waals surface area contributed by atoms with Crippen molar-refractivity contribution in [2.45, 2.75) is 13.8 Å². The minimum Gasteiger partial charge on any atom is -0.355 e. The second-order valence-corrected chi connectivity index (χ2v) is 5.89. The molecule has 0 aliphatic heterocycles. The number of rotatable bonds is 9. The van der Waals surface area contributed by atoms with Crippen molar-refractivity contribution in [3.8, 4) is 0 Å². The lowest BCUT2D eigenvalue weighted by atomic mass is 10.3. The highest BCUT2D eigenvalue weighted by Gasteiger charge is 2.12. The Bertz CT molecular complexity index is 760. The van der Waals surface area contributed by atoms with Crippen LogP contribution in [-0.2, 0) is 9.59 Å². The van der Waals surface area contributed by atoms with E-state index in [0.29, 0.717) is 24.5 Å². The highest BCUT2D eigenvalue weighted by atomic mass is 16.2. The number of carbonyl (C=O) groups is 2. The van der Waals surface area contributed by atoms with Crippen LogP contribution in [-0.4, -0.2) is 42.9 Å². The van der Waals surface area contributed by atoms with Crippen LogP contribution in [0.1, 0.15) is 13.8 Å². The van der Waals surface area contributed by atoms with E-state index in [4.69, 9.17) is 0 Å². The summed E-state index contributed by atoms with van der Waals surface area (Å²) in [4.78, 5) is 25.6. The molecule has 0 aromatic heterocycles. The highest BCUT2D eigenvalue weighted by Crippen LogP contribution is 2.20. The van der Waals surface area contributed by atoms with Crippen LogP contribution >= 0.6 is 0 Å². The van der Waals surface area contributed by atoms with Gasteiger partial charge >= 0.3 is 0 Å². The molecule has 2 amide bonds. The van der Waals surface area contributed by atoms with Gasteiger partial charge in [-0.1, -0.05) is 25.1 Å². The molecule has 0 fully saturated rings. The molecule has 7 nitrogen and oxygen atoms in total. The van der Waals surface area contributed by atoms with Gasteiger partial charge in [0, 0.05) is 12.2 Å². The molecule has 2 rings (SSSR count). The molecule has 0 atom stereocenters. The SMILES string of the molecule is CCNC(=O)CN(CC)CC(=O)Nc1ccc(N=Nc2ccccc2)cc1. The van der Waals surface area contributed by atoms with Crippen molar-refractivity contribution in [2.75, 3.05) is 31.5 Å². The van der Waals surface area contributed by atoms with Crippen molar-refractivity contribution in [1.29, 1.82) is 0 Å². The molecular weight excluding hydrogens is 342 g/mol. The summed E-state index contributed by atoms with van der Waals surface area (Å²) in [6.07, 6.45) is 0. The van der Waals surface area contributed by atoms with Gasteiger partial charge in [-0.15, -0.1) is 0 Å². The normalized spacial score (nSPS) is 10.9. The first-order chi connectivity index (χ1) is 13.1. The molecule has 142 valence electrons. The third-order valence-electron chi connectivity index (χ3n) is 3.74. The topological polar surface area (TPSA) is 86.2 Å². The third-order valence-corrected chi connectivity index (χ3v) is 3.74. The fourth-order valence-electron chi connectivity index (χ4n) is 2.36. The summed E-state index contributed by atoms with van der Waals surface area (Å²) in [6.45, 7) is 5.34. The maximum Gasteiger partial charge on any atom is 0.238 e. The molecule has 0 aliphatic rings. The number of anilines is 1. The number of nitrogens with one attached hydrogen (secondary N) is 2. The Morgan fingerprint density at radius 2 is 1.44 bits per heavy atom. The molecule has 0 spiro atoms. The van der Waals surface area contributed by atoms with E-state index < -0.39 is 0 Å². The minimum absolute atomic E-state index is 0.0831. The van der Waals surface area contributed by atoms with Gasteiger partial charge < -0.3 is 10.6 Å². The summed E-state index contributed by atoms with van der Waals surface area (Å²) in [6, 6.07) is 16.6. The van der Waals surface area contributed by atoms with E-state index in [1.807, 2.05) is 44.2 Å². The zero-order chi connectivity index (χ0) is 19.5. The lowest BCUT2D eigenvalue weighted by Gasteiger charge is -2.19. The van der Waals surface area contributed by atoms with E-state index in [1.165, 1.54) is 0 Å². The molecule has 27 heavy (non-hydrogen) atoms. The third kappa shape index (κ3) is 7.37. The molecular formula is C20H25N5O2. The molecule has 2 N–H and O–H groups in total. The Morgan fingerprint density at radius 3 is 2.04 bits per heavy atom. The number of amides is 2. The van der Waals surface area contributed by atoms with Gasteiger partial charge in [0.25, 0.3) is 0 Å². The van der Waals surface area contributed by atoms with Crippen molar-refractivity contribution in [3.63, 3.8) is 0 Å². The van der Waals surface area contributed by atoms with Gasteiger partial charge in [0.2, 0.25) is 11.8 Å². The Hall–Kier alpha value is -3.06. The summed E-state index contributed by atoms with van der Waals surface area (Å²) in [7, 11) is 0. The molecule has 0 bridgehead atoms. The molecule has 2 aromatic carbocycles. The lowest BCUT2D eigenvalue weighted by Crippen LogP contribution is -2.40. The number of benzene rings is 2. The van der Waals surface area contributed by atoms with E-state index in [2.05, 4.69) is 20.9 Å². The van der Waals surface area contributed by atoms with Gasteiger partial charge in [-0.05, 0) is 49.9 Å². The van der Waals surface area contributed by atoms with E-state index in [-0.39, 0.29) is 24.9 Å². The smallest absolute Gasteiger partial charge is 0.238 e. The monoisotopic (exact) mass is 367 g/mol. The Balaban J connectivity index is 1.86. The fraction of sp³-hybridized carbons (Fsp3) is 0.300. The zero-order valence-electron chi connectivity index (χ0n) is 15.7. The molecule has 0 heterocycles. The van der Waals surface area contributed by atoms with Gasteiger partial charge in [0.15, 0.2) is 0 Å². The van der Waals surface area contributed by atoms with Crippen molar-refractivity contribution < 1.29 is 9.59 Å². The molecule has 0 saturated carbocycles. The second-order valence-electron chi connectivity index (χ2n) is 5.89. The maximum absolute atomic E-state index is 12.2. The lowest BCUT2D eigenvalue weighted by molar-refractivity contribution is -0.123. The van der Waals surface area contributed by atoms with E-state index in [1.54, 1.807) is 29.2 Å². The van der Waals surface area contributed by atoms with Gasteiger partial charge in [0.1, 0.15) is 0 Å². The van der Waals surface area contributed by atoms with Crippen LogP contribution in [0.15, 0.2) is 64.8 Å². The summed E-state index contributed by atoms with van der Waals surface area (Å²) >= 11 is 0. The number of nitrogens with zero attached hydrogens (tertiary/aromatic N) is 3. The first-order valence-corrected chi connectivity index (χ1v) is 8.96. The standard InChI is InChI=1S/C20H25N5O2/c1-3-21-19(26)14-25(4-2)15-20(27)22-16-10-12-18(13-11-16)24-23-17-8-6-5-7-9-17/h5-13H,3-4,14-15H2,1-2H3,(H,21,26)(H,22,27). The minimum atomic E-state index is -0.167. The fourth-order valence-corrected chi connectivity index (χ4v) is 2.36. The average molecular weight is 367 g/mol. The molecule has 0 unspecified atom stereocenters. The van der Waals surface area contributed by atoms with Crippen LogP contribution in [0.4, 0.5) is 17.1 Å². The predicted molar refractivity (Wildman–Crippen MR) is 106 cm³/mol. The van der Waals surface area contributed by atoms with Gasteiger partial charge in [0.05, 0.1) is 24.5 Å². The number of hydrogen-bond acceptors (Lipinski definition) is 5. The van der Waals surface area contributed by atoms with Crippen LogP contribution < -0.4 is 10.6 Å². The molecule has 2 aromatic rings. The average Bonchev–Trinajstić information content (AvgIpc) is 2.68. The van der Waals surface area contributed by atoms with Crippen LogP contribution in [0.25, 0.3) is 0 Å². The molecule has 0 aliphatic carbocycles. The summed E-state index contributed by atoms with van der Waals surface area (Å²) in [5.74, 6) is -0.250. The van der Waals surface area contributed by atoms with Crippen molar-refractivity contribution in [1.82, 2.24) is 10.2 Å². The van der Waals surface area contributed by atoms with Crippen molar-refractivity contribution in [2.24, 2.45) is 10.2 Å². The number of carbonyl (C=O) groups excluding carboxylic acids is 2. The first kappa shape index (κ1) is 20.3. The maximum atomic E-state index is 12.2. The molecule has 0 saturated heterocycles. The Labute approximate surface area is 159 Å². The number of likely N-dealkylation sites (N-methyl/N-ethyl adjacent to an activating group) is 2. The number of azo groups is 1. The summed E-state index contributed by atoms with van der Waals surface area (Å²) < 4.78 is 0. The van der Waals surface area contributed by atoms with Crippen molar-refractivity contribution >= 4 is 28.9 Å². The highest BCUT2D eigenvalue weighted by molar-refractivity contribution is 5.92. The molecule has 0 radical (unpaired) electrons. The second kappa shape index (κ2) is 10.8. The number of hydrogen-bond donors (Lipinski definition) is 2. The van der Waals surface area contributed by atoms with Crippen LogP contribution in [0.5, 0.6) is 0 Å². The quantitative estimate of drug-likeness (QED) is 0.665.